The predicted molar refractivity (Wildman–Crippen MR) is 121 cm³/mol. The molecule has 1 N–H and O–H groups in total. The lowest BCUT2D eigenvalue weighted by Crippen LogP contribution is -2.19. The third-order valence-corrected chi connectivity index (χ3v) is 5.09. The van der Waals surface area contributed by atoms with E-state index >= 15 is 0 Å². The normalized spacial score (nSPS) is 10.9. The van der Waals surface area contributed by atoms with Crippen molar-refractivity contribution in [2.75, 3.05) is 0 Å². The fraction of sp³-hybridized carbons (Fsp3) is 0.0909. The van der Waals surface area contributed by atoms with Crippen LogP contribution in [0.2, 0.25) is 10.0 Å². The molecule has 1 amide bonds. The molecule has 148 valence electrons. The molecule has 7 heteroatoms. The summed E-state index contributed by atoms with van der Waals surface area (Å²) >= 11 is 15.4. The van der Waals surface area contributed by atoms with E-state index in [1.165, 1.54) is 0 Å². The first kappa shape index (κ1) is 21.4. The molecule has 0 heterocycles. The van der Waals surface area contributed by atoms with Crippen LogP contribution < -0.4 is 10.2 Å². The molecule has 4 nitrogen and oxygen atoms in total. The largest absolute Gasteiger partial charge is 0.489 e. The quantitative estimate of drug-likeness (QED) is 0.324. The number of carbonyl (C=O) groups is 1. The molecule has 0 aliphatic rings. The number of hydrogen-bond acceptors (Lipinski definition) is 3. The average Bonchev–Trinajstić information content (AvgIpc) is 2.70. The van der Waals surface area contributed by atoms with Gasteiger partial charge in [0, 0.05) is 20.1 Å². The second-order valence-corrected chi connectivity index (χ2v) is 7.95. The molecule has 0 aromatic heterocycles. The highest BCUT2D eigenvalue weighted by Gasteiger charge is 2.03. The Labute approximate surface area is 187 Å². The Morgan fingerprint density at radius 3 is 2.45 bits per heavy atom. The molecule has 3 rings (SSSR count). The van der Waals surface area contributed by atoms with Gasteiger partial charge in [-0.1, -0.05) is 57.3 Å². The maximum absolute atomic E-state index is 11.9. The second kappa shape index (κ2) is 10.4. The average molecular weight is 492 g/mol. The van der Waals surface area contributed by atoms with Crippen molar-refractivity contribution in [1.29, 1.82) is 0 Å². The molecule has 0 saturated heterocycles. The lowest BCUT2D eigenvalue weighted by atomic mass is 10.1. The van der Waals surface area contributed by atoms with Crippen molar-refractivity contribution in [1.82, 2.24) is 5.43 Å². The number of amides is 1. The Morgan fingerprint density at radius 2 is 1.76 bits per heavy atom. The van der Waals surface area contributed by atoms with Gasteiger partial charge in [-0.25, -0.2) is 5.43 Å². The van der Waals surface area contributed by atoms with Gasteiger partial charge in [0.05, 0.1) is 12.6 Å². The zero-order valence-corrected chi connectivity index (χ0v) is 18.3. The Balaban J connectivity index is 1.48. The number of nitrogens with zero attached hydrogens (tertiary/aromatic N) is 1. The Hall–Kier alpha value is -2.34. The van der Waals surface area contributed by atoms with Crippen LogP contribution in [0.3, 0.4) is 0 Å². The van der Waals surface area contributed by atoms with Crippen molar-refractivity contribution in [3.63, 3.8) is 0 Å². The third kappa shape index (κ3) is 6.89. The van der Waals surface area contributed by atoms with Crippen molar-refractivity contribution in [2.24, 2.45) is 5.10 Å². The van der Waals surface area contributed by atoms with E-state index in [0.29, 0.717) is 22.4 Å². The summed E-state index contributed by atoms with van der Waals surface area (Å²) in [6.07, 6.45) is 1.85. The van der Waals surface area contributed by atoms with Crippen LogP contribution in [0.25, 0.3) is 0 Å². The van der Waals surface area contributed by atoms with E-state index in [1.807, 2.05) is 54.6 Å². The zero-order chi connectivity index (χ0) is 20.6. The van der Waals surface area contributed by atoms with Crippen molar-refractivity contribution < 1.29 is 9.53 Å². The lowest BCUT2D eigenvalue weighted by molar-refractivity contribution is -0.120. The van der Waals surface area contributed by atoms with Gasteiger partial charge in [0.1, 0.15) is 12.4 Å². The van der Waals surface area contributed by atoms with Crippen molar-refractivity contribution in [3.05, 3.63) is 97.9 Å². The first-order valence-electron chi connectivity index (χ1n) is 8.73. The summed E-state index contributed by atoms with van der Waals surface area (Å²) in [4.78, 5) is 11.9. The smallest absolute Gasteiger partial charge is 0.244 e. The molecule has 0 bridgehead atoms. The molecule has 0 atom stereocenters. The number of nitrogens with one attached hydrogen (secondary N) is 1. The number of halogens is 3. The van der Waals surface area contributed by atoms with Gasteiger partial charge in [-0.05, 0) is 59.7 Å². The number of rotatable bonds is 7. The van der Waals surface area contributed by atoms with E-state index in [0.717, 1.165) is 21.2 Å². The van der Waals surface area contributed by atoms with Crippen LogP contribution in [-0.4, -0.2) is 12.1 Å². The van der Waals surface area contributed by atoms with Crippen LogP contribution >= 0.6 is 39.1 Å². The molecule has 0 unspecified atom stereocenters. The van der Waals surface area contributed by atoms with Crippen molar-refractivity contribution >= 4 is 51.3 Å². The van der Waals surface area contributed by atoms with Crippen LogP contribution in [-0.2, 0) is 17.8 Å². The maximum atomic E-state index is 11.9. The zero-order valence-electron chi connectivity index (χ0n) is 15.2. The molecule has 29 heavy (non-hydrogen) atoms. The van der Waals surface area contributed by atoms with Gasteiger partial charge in [0.25, 0.3) is 0 Å². The summed E-state index contributed by atoms with van der Waals surface area (Å²) in [5.41, 5.74) is 5.14. The summed E-state index contributed by atoms with van der Waals surface area (Å²) in [5, 5.41) is 5.15. The Kier molecular flexibility index (Phi) is 7.69. The van der Waals surface area contributed by atoms with Gasteiger partial charge in [-0.3, -0.25) is 4.79 Å². The second-order valence-electron chi connectivity index (χ2n) is 6.19. The molecular weight excluding hydrogens is 475 g/mol. The summed E-state index contributed by atoms with van der Waals surface area (Å²) in [5.74, 6) is 0.524. The number of hydrogen-bond donors (Lipinski definition) is 1. The molecule has 0 spiro atoms. The molecule has 3 aromatic rings. The van der Waals surface area contributed by atoms with E-state index in [9.17, 15) is 4.79 Å². The summed E-state index contributed by atoms with van der Waals surface area (Å²) < 4.78 is 6.72. The first-order chi connectivity index (χ1) is 14.0. The van der Waals surface area contributed by atoms with Crippen LogP contribution in [0.4, 0.5) is 0 Å². The molecule has 3 aromatic carbocycles. The van der Waals surface area contributed by atoms with E-state index in [-0.39, 0.29) is 12.3 Å². The number of hydrazone groups is 1. The van der Waals surface area contributed by atoms with Crippen LogP contribution in [0, 0.1) is 0 Å². The van der Waals surface area contributed by atoms with Crippen molar-refractivity contribution in [2.45, 2.75) is 13.0 Å². The van der Waals surface area contributed by atoms with E-state index in [1.54, 1.807) is 18.3 Å². The highest BCUT2D eigenvalue weighted by molar-refractivity contribution is 9.10. The topological polar surface area (TPSA) is 50.7 Å². The summed E-state index contributed by atoms with van der Waals surface area (Å²) in [6.45, 7) is 0.343. The molecule has 0 fully saturated rings. The fourth-order valence-electron chi connectivity index (χ4n) is 2.46. The standard InChI is InChI=1S/C22H17BrCl2N2O2/c23-18-6-1-15(2-7-18)11-22(28)27-26-13-16-3-9-20(10-4-16)29-14-17-5-8-19(24)12-21(17)25/h1-10,12-13H,11,14H2,(H,27,28)/b26-13-. The first-order valence-corrected chi connectivity index (χ1v) is 10.3. The van der Waals surface area contributed by atoms with E-state index in [4.69, 9.17) is 27.9 Å². The third-order valence-electron chi connectivity index (χ3n) is 3.97. The van der Waals surface area contributed by atoms with Gasteiger partial charge in [0.15, 0.2) is 0 Å². The maximum Gasteiger partial charge on any atom is 0.244 e. The number of carbonyl (C=O) groups excluding carboxylic acids is 1. The van der Waals surface area contributed by atoms with Gasteiger partial charge < -0.3 is 4.74 Å². The van der Waals surface area contributed by atoms with Gasteiger partial charge in [-0.2, -0.15) is 5.10 Å². The Bertz CT molecular complexity index is 1010. The summed E-state index contributed by atoms with van der Waals surface area (Å²) in [7, 11) is 0. The van der Waals surface area contributed by atoms with Gasteiger partial charge in [-0.15, -0.1) is 0 Å². The molecular formula is C22H17BrCl2N2O2. The monoisotopic (exact) mass is 490 g/mol. The van der Waals surface area contributed by atoms with Crippen LogP contribution in [0.15, 0.2) is 76.3 Å². The van der Waals surface area contributed by atoms with Crippen molar-refractivity contribution in [3.8, 4) is 5.75 Å². The minimum absolute atomic E-state index is 0.177. The Morgan fingerprint density at radius 1 is 1.03 bits per heavy atom. The molecule has 0 radical (unpaired) electrons. The molecule has 0 aliphatic carbocycles. The van der Waals surface area contributed by atoms with E-state index in [2.05, 4.69) is 26.5 Å². The fourth-order valence-corrected chi connectivity index (χ4v) is 3.18. The lowest BCUT2D eigenvalue weighted by Gasteiger charge is -2.08. The molecule has 0 saturated carbocycles. The van der Waals surface area contributed by atoms with Gasteiger partial charge in [0.2, 0.25) is 5.91 Å². The van der Waals surface area contributed by atoms with E-state index < -0.39 is 0 Å². The van der Waals surface area contributed by atoms with Crippen LogP contribution in [0.5, 0.6) is 5.75 Å². The minimum atomic E-state index is -0.177. The van der Waals surface area contributed by atoms with Gasteiger partial charge >= 0.3 is 0 Å². The van der Waals surface area contributed by atoms with Crippen LogP contribution in [0.1, 0.15) is 16.7 Å². The SMILES string of the molecule is O=C(Cc1ccc(Br)cc1)N/N=C\c1ccc(OCc2ccc(Cl)cc2Cl)cc1. The number of benzene rings is 3. The predicted octanol–water partition coefficient (Wildman–Crippen LogP) is 6.03. The number of ether oxygens (including phenoxy) is 1. The minimum Gasteiger partial charge on any atom is -0.489 e. The highest BCUT2D eigenvalue weighted by atomic mass is 79.9. The summed E-state index contributed by atoms with van der Waals surface area (Å²) in [6, 6.07) is 20.2. The highest BCUT2D eigenvalue weighted by Crippen LogP contribution is 2.22. The molecule has 0 aliphatic heterocycles.